The van der Waals surface area contributed by atoms with Crippen LogP contribution in [0.1, 0.15) is 0 Å². The lowest BCUT2D eigenvalue weighted by molar-refractivity contribution is -0.121. The van der Waals surface area contributed by atoms with Crippen molar-refractivity contribution in [1.82, 2.24) is 24.6 Å². The number of aromatic nitrogens is 4. The first-order valence-corrected chi connectivity index (χ1v) is 8.87. The van der Waals surface area contributed by atoms with Crippen LogP contribution in [0.4, 0.5) is 0 Å². The van der Waals surface area contributed by atoms with Crippen molar-refractivity contribution >= 4 is 28.3 Å². The van der Waals surface area contributed by atoms with Crippen molar-refractivity contribution in [2.75, 3.05) is 6.54 Å². The minimum Gasteiger partial charge on any atom is -0.387 e. The molecule has 1 aromatic carbocycles. The average molecular weight is 369 g/mol. The molecule has 0 unspecified atom stereocenters. The molecule has 4 aromatic rings. The maximum atomic E-state index is 12.1. The highest BCUT2D eigenvalue weighted by Gasteiger charge is 2.11. The first-order valence-electron chi connectivity index (χ1n) is 7.99. The Labute approximate surface area is 151 Å². The number of carbonyl (C=O) groups excluding carboxylic acids is 1. The van der Waals surface area contributed by atoms with Gasteiger partial charge in [-0.2, -0.15) is 4.68 Å². The third kappa shape index (κ3) is 3.29. The van der Waals surface area contributed by atoms with Crippen LogP contribution < -0.4 is 11.1 Å². The normalized spacial score (nSPS) is 11.1. The molecule has 132 valence electrons. The molecule has 0 spiro atoms. The summed E-state index contributed by atoms with van der Waals surface area (Å²) in [6.45, 7) is 0.681. The highest BCUT2D eigenvalue weighted by Crippen LogP contribution is 2.20. The number of nitrogens with one attached hydrogen (secondary N) is 1. The van der Waals surface area contributed by atoms with E-state index in [0.29, 0.717) is 5.89 Å². The van der Waals surface area contributed by atoms with Gasteiger partial charge in [0.1, 0.15) is 6.54 Å². The zero-order chi connectivity index (χ0) is 17.9. The van der Waals surface area contributed by atoms with E-state index in [4.69, 9.17) is 4.42 Å². The summed E-state index contributed by atoms with van der Waals surface area (Å²) in [6, 6.07) is 11.3. The summed E-state index contributed by atoms with van der Waals surface area (Å²) in [5, 5.41) is 8.81. The highest BCUT2D eigenvalue weighted by molar-refractivity contribution is 7.13. The minimum atomic E-state index is -0.539. The lowest BCUT2D eigenvalue weighted by atomic mass is 10.3. The van der Waals surface area contributed by atoms with Gasteiger partial charge in [-0.05, 0) is 23.6 Å². The summed E-state index contributed by atoms with van der Waals surface area (Å²) in [5.74, 6) is -0.410. The molecule has 0 aliphatic rings. The summed E-state index contributed by atoms with van der Waals surface area (Å²) >= 11 is 1.44. The molecule has 0 aliphatic carbocycles. The third-order valence-electron chi connectivity index (χ3n) is 3.83. The molecule has 3 aromatic heterocycles. The molecule has 1 amide bonds. The zero-order valence-corrected chi connectivity index (χ0v) is 14.5. The Kier molecular flexibility index (Phi) is 4.36. The Morgan fingerprint density at radius 1 is 1.23 bits per heavy atom. The SMILES string of the molecule is O=C(Cn1cnc2ccccc21)NCCn1nc(-c2cccs2)oc1=O. The van der Waals surface area contributed by atoms with E-state index < -0.39 is 5.76 Å². The summed E-state index contributed by atoms with van der Waals surface area (Å²) in [4.78, 5) is 29.0. The van der Waals surface area contributed by atoms with Gasteiger partial charge < -0.3 is 14.3 Å². The summed E-state index contributed by atoms with van der Waals surface area (Å²) in [7, 11) is 0. The maximum absolute atomic E-state index is 12.1. The van der Waals surface area contributed by atoms with Crippen LogP contribution in [0.3, 0.4) is 0 Å². The van der Waals surface area contributed by atoms with Crippen LogP contribution >= 0.6 is 11.3 Å². The van der Waals surface area contributed by atoms with Gasteiger partial charge >= 0.3 is 5.76 Å². The van der Waals surface area contributed by atoms with E-state index in [2.05, 4.69) is 15.4 Å². The minimum absolute atomic E-state index is 0.161. The van der Waals surface area contributed by atoms with Gasteiger partial charge in [0.25, 0.3) is 5.89 Å². The van der Waals surface area contributed by atoms with Gasteiger partial charge in [0, 0.05) is 6.54 Å². The number of hydrogen-bond donors (Lipinski definition) is 1. The summed E-state index contributed by atoms with van der Waals surface area (Å²) in [5.41, 5.74) is 1.74. The van der Waals surface area contributed by atoms with Crippen molar-refractivity contribution in [3.05, 3.63) is 58.7 Å². The molecule has 0 saturated carbocycles. The Hall–Kier alpha value is -3.20. The van der Waals surface area contributed by atoms with Crippen LogP contribution in [-0.4, -0.2) is 31.8 Å². The van der Waals surface area contributed by atoms with Gasteiger partial charge in [0.2, 0.25) is 5.91 Å². The fourth-order valence-corrected chi connectivity index (χ4v) is 3.24. The average Bonchev–Trinajstić information content (AvgIpc) is 3.36. The second-order valence-corrected chi connectivity index (χ2v) is 6.53. The maximum Gasteiger partial charge on any atom is 0.437 e. The molecule has 0 atom stereocenters. The van der Waals surface area contributed by atoms with Crippen molar-refractivity contribution in [2.45, 2.75) is 13.1 Å². The number of imidazole rings is 1. The number of thiophene rings is 1. The number of benzene rings is 1. The van der Waals surface area contributed by atoms with E-state index in [1.54, 1.807) is 10.9 Å². The lowest BCUT2D eigenvalue weighted by Gasteiger charge is -2.06. The van der Waals surface area contributed by atoms with E-state index in [1.165, 1.54) is 16.0 Å². The molecule has 9 heteroatoms. The van der Waals surface area contributed by atoms with Crippen LogP contribution in [0.25, 0.3) is 21.8 Å². The standard InChI is InChI=1S/C17H15N5O3S/c23-15(10-21-11-19-12-4-1-2-5-13(12)21)18-7-8-22-17(24)25-16(20-22)14-6-3-9-26-14/h1-6,9,11H,7-8,10H2,(H,18,23). The molecule has 0 bridgehead atoms. The van der Waals surface area contributed by atoms with Crippen LogP contribution in [-0.2, 0) is 17.9 Å². The lowest BCUT2D eigenvalue weighted by Crippen LogP contribution is -2.32. The van der Waals surface area contributed by atoms with Crippen LogP contribution in [0.5, 0.6) is 0 Å². The number of carbonyl (C=O) groups is 1. The zero-order valence-electron chi connectivity index (χ0n) is 13.7. The van der Waals surface area contributed by atoms with E-state index in [9.17, 15) is 9.59 Å². The van der Waals surface area contributed by atoms with Crippen molar-refractivity contribution in [2.24, 2.45) is 0 Å². The number of para-hydroxylation sites is 2. The Balaban J connectivity index is 1.35. The van der Waals surface area contributed by atoms with E-state index >= 15 is 0 Å². The van der Waals surface area contributed by atoms with Gasteiger partial charge in [-0.15, -0.1) is 16.4 Å². The molecule has 0 saturated heterocycles. The predicted molar refractivity (Wildman–Crippen MR) is 96.8 cm³/mol. The first kappa shape index (κ1) is 16.3. The molecule has 4 rings (SSSR count). The fourth-order valence-electron chi connectivity index (χ4n) is 2.60. The van der Waals surface area contributed by atoms with Gasteiger partial charge in [-0.3, -0.25) is 4.79 Å². The molecule has 3 heterocycles. The number of fused-ring (bicyclic) bond motifs is 1. The molecular weight excluding hydrogens is 354 g/mol. The fraction of sp³-hybridized carbons (Fsp3) is 0.176. The Morgan fingerprint density at radius 3 is 2.96 bits per heavy atom. The van der Waals surface area contributed by atoms with Crippen molar-refractivity contribution in [3.8, 4) is 10.8 Å². The van der Waals surface area contributed by atoms with Crippen molar-refractivity contribution < 1.29 is 9.21 Å². The van der Waals surface area contributed by atoms with Gasteiger partial charge in [0.05, 0.1) is 28.8 Å². The van der Waals surface area contributed by atoms with E-state index in [0.717, 1.165) is 15.9 Å². The molecule has 0 radical (unpaired) electrons. The number of amides is 1. The second-order valence-electron chi connectivity index (χ2n) is 5.58. The van der Waals surface area contributed by atoms with Crippen LogP contribution in [0.15, 0.2) is 57.3 Å². The van der Waals surface area contributed by atoms with Crippen LogP contribution in [0.2, 0.25) is 0 Å². The molecule has 8 nitrogen and oxygen atoms in total. The smallest absolute Gasteiger partial charge is 0.387 e. The topological polar surface area (TPSA) is 95.0 Å². The summed E-state index contributed by atoms with van der Waals surface area (Å²) in [6.07, 6.45) is 1.64. The van der Waals surface area contributed by atoms with Crippen LogP contribution in [0, 0.1) is 0 Å². The Bertz CT molecular complexity index is 1090. The van der Waals surface area contributed by atoms with Crippen molar-refractivity contribution in [3.63, 3.8) is 0 Å². The summed E-state index contributed by atoms with van der Waals surface area (Å²) < 4.78 is 8.12. The van der Waals surface area contributed by atoms with Gasteiger partial charge in [-0.1, -0.05) is 18.2 Å². The van der Waals surface area contributed by atoms with E-state index in [1.807, 2.05) is 41.8 Å². The van der Waals surface area contributed by atoms with E-state index in [-0.39, 0.29) is 25.5 Å². The second kappa shape index (κ2) is 6.96. The largest absolute Gasteiger partial charge is 0.437 e. The Morgan fingerprint density at radius 2 is 2.12 bits per heavy atom. The number of rotatable bonds is 6. The third-order valence-corrected chi connectivity index (χ3v) is 4.68. The molecule has 0 fully saturated rings. The van der Waals surface area contributed by atoms with Gasteiger partial charge in [0.15, 0.2) is 0 Å². The molecule has 1 N–H and O–H groups in total. The highest BCUT2D eigenvalue weighted by atomic mass is 32.1. The molecule has 0 aliphatic heterocycles. The predicted octanol–water partition coefficient (Wildman–Crippen LogP) is 1.73. The monoisotopic (exact) mass is 369 g/mol. The first-order chi connectivity index (χ1) is 12.7. The van der Waals surface area contributed by atoms with Crippen molar-refractivity contribution in [1.29, 1.82) is 0 Å². The molecular formula is C17H15N5O3S. The quantitative estimate of drug-likeness (QED) is 0.558. The number of hydrogen-bond acceptors (Lipinski definition) is 6. The number of nitrogens with zero attached hydrogens (tertiary/aromatic N) is 4. The van der Waals surface area contributed by atoms with Gasteiger partial charge in [-0.25, -0.2) is 9.78 Å². The molecule has 26 heavy (non-hydrogen) atoms.